The molecule has 0 fully saturated rings. The van der Waals surface area contributed by atoms with Crippen LogP contribution < -0.4 is 0 Å². The minimum absolute atomic E-state index is 0. The molecule has 0 N–H and O–H groups in total. The number of hydrogen-bond acceptors (Lipinski definition) is 0. The second kappa shape index (κ2) is 18.9. The van der Waals surface area contributed by atoms with Gasteiger partial charge in [0.15, 0.2) is 0 Å². The third-order valence-corrected chi connectivity index (χ3v) is 9.29. The summed E-state index contributed by atoms with van der Waals surface area (Å²) in [5.41, 5.74) is 16.1. The summed E-state index contributed by atoms with van der Waals surface area (Å²) in [6.07, 6.45) is 0. The van der Waals surface area contributed by atoms with Crippen molar-refractivity contribution in [1.82, 2.24) is 0 Å². The Hall–Kier alpha value is -4.54. The van der Waals surface area contributed by atoms with Crippen LogP contribution in [-0.2, 0) is 17.4 Å². The van der Waals surface area contributed by atoms with E-state index >= 15 is 0 Å². The molecule has 249 valence electrons. The molecule has 0 atom stereocenters. The number of aryl methyl sites for hydroxylation is 6. The molecule has 0 aliphatic carbocycles. The van der Waals surface area contributed by atoms with Crippen molar-refractivity contribution in [2.75, 3.05) is 0 Å². The molecule has 6 aromatic rings. The van der Waals surface area contributed by atoms with E-state index < -0.39 is 0 Å². The first-order valence-electron chi connectivity index (χ1n) is 17.0. The maximum Gasteiger partial charge on any atom is 3.00 e. The first kappa shape index (κ1) is 38.9. The van der Waals surface area contributed by atoms with Gasteiger partial charge in [0, 0.05) is 0 Å². The molecule has 0 saturated carbocycles. The molecule has 0 bridgehead atoms. The Bertz CT molecular complexity index is 1540. The topological polar surface area (TPSA) is 0 Å². The maximum absolute atomic E-state index is 2.20. The molecular weight excluding hydrogens is 629 g/mol. The van der Waals surface area contributed by atoms with E-state index in [2.05, 4.69) is 208 Å². The van der Waals surface area contributed by atoms with Gasteiger partial charge < -0.3 is 0 Å². The van der Waals surface area contributed by atoms with Crippen molar-refractivity contribution in [2.24, 2.45) is 0 Å². The minimum atomic E-state index is 0. The molecule has 0 aliphatic heterocycles. The number of rotatable bonds is 6. The molecule has 0 spiro atoms. The molecule has 1 heteroatoms. The first-order chi connectivity index (χ1) is 23.1. The molecular formula is C48H51Cr. The van der Waals surface area contributed by atoms with Gasteiger partial charge in [-0.2, -0.15) is 0 Å². The van der Waals surface area contributed by atoms with Crippen LogP contribution in [0.25, 0.3) is 0 Å². The van der Waals surface area contributed by atoms with Crippen molar-refractivity contribution in [3.63, 3.8) is 0 Å². The van der Waals surface area contributed by atoms with Gasteiger partial charge in [0.2, 0.25) is 0 Å². The van der Waals surface area contributed by atoms with Gasteiger partial charge in [0.1, 0.15) is 0 Å². The third kappa shape index (κ3) is 10.2. The molecule has 6 aromatic carbocycles. The summed E-state index contributed by atoms with van der Waals surface area (Å²) in [5.74, 6) is 4.07. The Kier molecular flexibility index (Phi) is 15.0. The van der Waals surface area contributed by atoms with Gasteiger partial charge in [-0.1, -0.05) is 172 Å². The Morgan fingerprint density at radius 2 is 0.367 bits per heavy atom. The predicted molar refractivity (Wildman–Crippen MR) is 208 cm³/mol. The van der Waals surface area contributed by atoms with E-state index in [4.69, 9.17) is 0 Å². The van der Waals surface area contributed by atoms with Crippen LogP contribution in [0.1, 0.15) is 87.5 Å². The Labute approximate surface area is 308 Å². The molecule has 0 heterocycles. The monoisotopic (exact) mass is 679 g/mol. The predicted octanol–water partition coefficient (Wildman–Crippen LogP) is 12.9. The molecule has 1 radical (unpaired) electrons. The van der Waals surface area contributed by atoms with Crippen LogP contribution in [0.4, 0.5) is 0 Å². The minimum Gasteiger partial charge on any atom is -0.118 e. The summed E-state index contributed by atoms with van der Waals surface area (Å²) in [6.45, 7) is 19.6. The molecule has 0 amide bonds. The van der Waals surface area contributed by atoms with E-state index in [-0.39, 0.29) is 17.4 Å². The summed E-state index contributed by atoms with van der Waals surface area (Å²) >= 11 is 0. The second-order valence-electron chi connectivity index (χ2n) is 12.8. The summed E-state index contributed by atoms with van der Waals surface area (Å²) in [7, 11) is 0. The summed E-state index contributed by atoms with van der Waals surface area (Å²) < 4.78 is 0. The van der Waals surface area contributed by atoms with Crippen LogP contribution in [0.3, 0.4) is 0 Å². The van der Waals surface area contributed by atoms with Crippen LogP contribution in [0.15, 0.2) is 146 Å². The molecule has 0 unspecified atom stereocenters. The average molecular weight is 680 g/mol. The normalized spacial score (nSPS) is 9.98. The molecule has 0 nitrogen and oxygen atoms in total. The van der Waals surface area contributed by atoms with Crippen molar-refractivity contribution in [1.29, 1.82) is 0 Å². The van der Waals surface area contributed by atoms with Crippen LogP contribution in [0.2, 0.25) is 0 Å². The second-order valence-corrected chi connectivity index (χ2v) is 12.8. The molecule has 0 aromatic heterocycles. The molecule has 0 aliphatic rings. The van der Waals surface area contributed by atoms with Gasteiger partial charge in [0.05, 0.1) is 0 Å². The summed E-state index contributed by atoms with van der Waals surface area (Å²) in [4.78, 5) is 0. The smallest absolute Gasteiger partial charge is 0.118 e. The Morgan fingerprint density at radius 3 is 0.490 bits per heavy atom. The fourth-order valence-corrected chi connectivity index (χ4v) is 6.40. The van der Waals surface area contributed by atoms with Crippen LogP contribution in [0.5, 0.6) is 0 Å². The SMILES string of the molecule is Cc1ccccc1[C-](C)c1ccccc1C.Cc1ccccc1[C-](C)c1ccccc1C.Cc1ccccc1[C-](C)c1ccccc1C.[Cr+3]. The van der Waals surface area contributed by atoms with E-state index in [1.54, 1.807) is 0 Å². The van der Waals surface area contributed by atoms with Crippen molar-refractivity contribution in [2.45, 2.75) is 62.3 Å². The molecule has 49 heavy (non-hydrogen) atoms. The van der Waals surface area contributed by atoms with Gasteiger partial charge in [-0.15, -0.1) is 121 Å². The fraction of sp³-hybridized carbons (Fsp3) is 0.188. The zero-order valence-electron chi connectivity index (χ0n) is 30.8. The molecule has 6 rings (SSSR count). The zero-order chi connectivity index (χ0) is 34.6. The van der Waals surface area contributed by atoms with Crippen molar-refractivity contribution < 1.29 is 17.4 Å². The van der Waals surface area contributed by atoms with Crippen LogP contribution >= 0.6 is 0 Å². The summed E-state index contributed by atoms with van der Waals surface area (Å²) in [5, 5.41) is 0. The zero-order valence-corrected chi connectivity index (χ0v) is 32.0. The fourth-order valence-electron chi connectivity index (χ4n) is 6.40. The maximum atomic E-state index is 2.20. The van der Waals surface area contributed by atoms with E-state index in [1.165, 1.54) is 84.5 Å². The van der Waals surface area contributed by atoms with E-state index in [0.29, 0.717) is 0 Å². The standard InChI is InChI=1S/3C16H17.Cr/c3*1-12-8-4-6-10-15(12)14(3)16-11-7-5-9-13(16)2;/h3*4-11H,1-3H3;/q3*-1;+3. The van der Waals surface area contributed by atoms with Crippen LogP contribution in [-0.4, -0.2) is 0 Å². The van der Waals surface area contributed by atoms with Gasteiger partial charge in [0.25, 0.3) is 0 Å². The quantitative estimate of drug-likeness (QED) is 0.154. The van der Waals surface area contributed by atoms with Crippen molar-refractivity contribution in [3.8, 4) is 0 Å². The van der Waals surface area contributed by atoms with Crippen molar-refractivity contribution in [3.05, 3.63) is 230 Å². The van der Waals surface area contributed by atoms with Gasteiger partial charge in [-0.05, 0) is 0 Å². The van der Waals surface area contributed by atoms with Gasteiger partial charge >= 0.3 is 17.4 Å². The van der Waals surface area contributed by atoms with E-state index in [1.807, 2.05) is 0 Å². The van der Waals surface area contributed by atoms with E-state index in [0.717, 1.165) is 0 Å². The van der Waals surface area contributed by atoms with Crippen molar-refractivity contribution >= 4 is 0 Å². The summed E-state index contributed by atoms with van der Waals surface area (Å²) in [6, 6.07) is 51.3. The van der Waals surface area contributed by atoms with Gasteiger partial charge in [-0.3, -0.25) is 0 Å². The van der Waals surface area contributed by atoms with E-state index in [9.17, 15) is 0 Å². The number of hydrogen-bond donors (Lipinski definition) is 0. The molecule has 0 saturated heterocycles. The number of benzene rings is 6. The van der Waals surface area contributed by atoms with Crippen LogP contribution in [0, 0.1) is 59.3 Å². The first-order valence-corrected chi connectivity index (χ1v) is 17.0. The Balaban J connectivity index is 0.000000197. The Morgan fingerprint density at radius 1 is 0.245 bits per heavy atom. The third-order valence-electron chi connectivity index (χ3n) is 9.29. The average Bonchev–Trinajstić information content (AvgIpc) is 3.09. The van der Waals surface area contributed by atoms with Gasteiger partial charge in [-0.25, -0.2) is 0 Å². The largest absolute Gasteiger partial charge is 3.00 e.